The number of nitrogens with zero attached hydrogens (tertiary/aromatic N) is 4. The summed E-state index contributed by atoms with van der Waals surface area (Å²) >= 11 is 0. The zero-order chi connectivity index (χ0) is 13.9. The van der Waals surface area contributed by atoms with E-state index in [1.807, 2.05) is 23.9 Å². The van der Waals surface area contributed by atoms with Gasteiger partial charge in [0.25, 0.3) is 5.91 Å². The highest BCUT2D eigenvalue weighted by Gasteiger charge is 2.55. The third kappa shape index (κ3) is 1.41. The zero-order valence-electron chi connectivity index (χ0n) is 11.9. The van der Waals surface area contributed by atoms with Gasteiger partial charge in [-0.3, -0.25) is 9.69 Å². The van der Waals surface area contributed by atoms with Crippen LogP contribution in [0.3, 0.4) is 0 Å². The number of nitrogens with two attached hydrogens (primary N) is 1. The smallest absolute Gasteiger partial charge is 0.274 e. The van der Waals surface area contributed by atoms with E-state index in [0.29, 0.717) is 5.84 Å². The van der Waals surface area contributed by atoms with Gasteiger partial charge in [0.2, 0.25) is 5.96 Å². The summed E-state index contributed by atoms with van der Waals surface area (Å²) in [6.07, 6.45) is 0. The van der Waals surface area contributed by atoms with E-state index in [0.717, 1.165) is 0 Å². The number of piperazine rings is 1. The number of likely N-dealkylation sites (N-methyl/N-ethyl adjacent to an activating group) is 2. The molecule has 1 atom stereocenters. The Labute approximate surface area is 108 Å². The van der Waals surface area contributed by atoms with Crippen LogP contribution in [-0.4, -0.2) is 58.7 Å². The molecule has 0 saturated carbocycles. The molecule has 1 unspecified atom stereocenters. The summed E-state index contributed by atoms with van der Waals surface area (Å²) in [5.74, 6) is 0.483. The highest BCUT2D eigenvalue weighted by atomic mass is 16.2. The summed E-state index contributed by atoms with van der Waals surface area (Å²) in [5, 5.41) is 0. The standard InChI is InChI=1S/C12H21N5O/c1-11(2)12(3,4)17(6)8-7(16(11)5)9(18)15-10(13)14-8/h7H,1-6H3,(H2,13,15,18). The lowest BCUT2D eigenvalue weighted by atomic mass is 9.76. The molecule has 1 fully saturated rings. The number of amidine groups is 1. The maximum Gasteiger partial charge on any atom is 0.274 e. The Morgan fingerprint density at radius 2 is 1.67 bits per heavy atom. The predicted molar refractivity (Wildman–Crippen MR) is 71.5 cm³/mol. The number of carbonyl (C=O) groups excluding carboxylic acids is 1. The minimum atomic E-state index is -0.440. The first-order valence-corrected chi connectivity index (χ1v) is 6.04. The Kier molecular flexibility index (Phi) is 2.56. The molecular weight excluding hydrogens is 230 g/mol. The second-order valence-electron chi connectivity index (χ2n) is 5.97. The predicted octanol–water partition coefficient (Wildman–Crippen LogP) is 0.0428. The molecule has 1 saturated heterocycles. The van der Waals surface area contributed by atoms with E-state index < -0.39 is 6.04 Å². The molecule has 0 spiro atoms. The second-order valence-corrected chi connectivity index (χ2v) is 5.97. The van der Waals surface area contributed by atoms with Crippen molar-refractivity contribution in [3.8, 4) is 0 Å². The van der Waals surface area contributed by atoms with Crippen LogP contribution in [0.2, 0.25) is 0 Å². The van der Waals surface area contributed by atoms with Crippen molar-refractivity contribution in [2.75, 3.05) is 14.1 Å². The molecule has 0 aliphatic carbocycles. The zero-order valence-corrected chi connectivity index (χ0v) is 11.9. The molecule has 0 bridgehead atoms. The lowest BCUT2D eigenvalue weighted by Crippen LogP contribution is -2.76. The Bertz CT molecular complexity index is 463. The number of aliphatic imine (C=N–C) groups is 2. The average molecular weight is 251 g/mol. The van der Waals surface area contributed by atoms with E-state index in [1.165, 1.54) is 0 Å². The minimum absolute atomic E-state index is 0.0435. The van der Waals surface area contributed by atoms with Crippen LogP contribution >= 0.6 is 0 Å². The van der Waals surface area contributed by atoms with Crippen LogP contribution in [0.5, 0.6) is 0 Å². The van der Waals surface area contributed by atoms with E-state index in [2.05, 4.69) is 37.7 Å². The van der Waals surface area contributed by atoms with Gasteiger partial charge < -0.3 is 10.6 Å². The largest absolute Gasteiger partial charge is 0.368 e. The van der Waals surface area contributed by atoms with Gasteiger partial charge in [0.15, 0.2) is 6.04 Å². The first-order chi connectivity index (χ1) is 8.10. The molecule has 6 heteroatoms. The monoisotopic (exact) mass is 251 g/mol. The molecule has 1 amide bonds. The summed E-state index contributed by atoms with van der Waals surface area (Å²) in [7, 11) is 3.89. The number of fused-ring (bicyclic) bond motifs is 1. The Hall–Kier alpha value is -1.43. The van der Waals surface area contributed by atoms with E-state index in [1.54, 1.807) is 0 Å². The Morgan fingerprint density at radius 3 is 2.22 bits per heavy atom. The molecule has 0 radical (unpaired) electrons. The molecule has 6 nitrogen and oxygen atoms in total. The van der Waals surface area contributed by atoms with Crippen LogP contribution < -0.4 is 5.73 Å². The van der Waals surface area contributed by atoms with Crippen molar-refractivity contribution in [3.05, 3.63) is 0 Å². The highest BCUT2D eigenvalue weighted by Crippen LogP contribution is 2.39. The van der Waals surface area contributed by atoms with Crippen LogP contribution in [0.15, 0.2) is 9.98 Å². The summed E-state index contributed by atoms with van der Waals surface area (Å²) in [5.41, 5.74) is 5.23. The number of carbonyl (C=O) groups is 1. The molecular formula is C12H21N5O. The first-order valence-electron chi connectivity index (χ1n) is 6.04. The van der Waals surface area contributed by atoms with Gasteiger partial charge in [0.05, 0.1) is 5.54 Å². The van der Waals surface area contributed by atoms with E-state index in [-0.39, 0.29) is 22.9 Å². The van der Waals surface area contributed by atoms with Gasteiger partial charge in [0, 0.05) is 12.6 Å². The molecule has 18 heavy (non-hydrogen) atoms. The molecule has 2 aliphatic heterocycles. The Balaban J connectivity index is 2.58. The lowest BCUT2D eigenvalue weighted by molar-refractivity contribution is -0.126. The summed E-state index contributed by atoms with van der Waals surface area (Å²) in [6, 6.07) is -0.440. The first kappa shape index (κ1) is 13.0. The maximum atomic E-state index is 12.1. The van der Waals surface area contributed by atoms with Crippen molar-refractivity contribution in [3.63, 3.8) is 0 Å². The average Bonchev–Trinajstić information content (AvgIpc) is 2.24. The summed E-state index contributed by atoms with van der Waals surface area (Å²) in [4.78, 5) is 24.2. The second kappa shape index (κ2) is 3.54. The minimum Gasteiger partial charge on any atom is -0.368 e. The van der Waals surface area contributed by atoms with Gasteiger partial charge in [0.1, 0.15) is 5.84 Å². The van der Waals surface area contributed by atoms with Crippen LogP contribution in [0.25, 0.3) is 0 Å². The molecule has 0 aromatic heterocycles. The molecule has 2 rings (SSSR count). The molecule has 2 aliphatic rings. The quantitative estimate of drug-likeness (QED) is 0.660. The van der Waals surface area contributed by atoms with Crippen LogP contribution in [0.1, 0.15) is 27.7 Å². The number of hydrogen-bond donors (Lipinski definition) is 1. The SMILES string of the molecule is CN1C2=NC(N)=NC(=O)C2N(C)C(C)(C)C1(C)C. The van der Waals surface area contributed by atoms with Crippen molar-refractivity contribution < 1.29 is 4.79 Å². The molecule has 0 aromatic carbocycles. The molecule has 100 valence electrons. The van der Waals surface area contributed by atoms with E-state index in [4.69, 9.17) is 5.73 Å². The topological polar surface area (TPSA) is 74.3 Å². The van der Waals surface area contributed by atoms with Crippen LogP contribution in [-0.2, 0) is 4.79 Å². The fraction of sp³-hybridized carbons (Fsp3) is 0.750. The number of guanidine groups is 1. The van der Waals surface area contributed by atoms with Crippen molar-refractivity contribution in [2.45, 2.75) is 44.8 Å². The summed E-state index contributed by atoms with van der Waals surface area (Å²) in [6.45, 7) is 8.51. The van der Waals surface area contributed by atoms with Gasteiger partial charge in [-0.25, -0.2) is 0 Å². The fourth-order valence-electron chi connectivity index (χ4n) is 2.54. The highest BCUT2D eigenvalue weighted by molar-refractivity contribution is 6.17. The Morgan fingerprint density at radius 1 is 1.11 bits per heavy atom. The van der Waals surface area contributed by atoms with E-state index in [9.17, 15) is 4.79 Å². The van der Waals surface area contributed by atoms with Gasteiger partial charge in [-0.1, -0.05) is 0 Å². The third-order valence-corrected chi connectivity index (χ3v) is 4.88. The lowest BCUT2D eigenvalue weighted by Gasteiger charge is -2.60. The number of rotatable bonds is 0. The van der Waals surface area contributed by atoms with Crippen molar-refractivity contribution in [1.82, 2.24) is 9.80 Å². The number of hydrogen-bond acceptors (Lipinski definition) is 5. The van der Waals surface area contributed by atoms with Crippen molar-refractivity contribution in [2.24, 2.45) is 15.7 Å². The molecule has 0 aromatic rings. The van der Waals surface area contributed by atoms with Crippen LogP contribution in [0.4, 0.5) is 0 Å². The van der Waals surface area contributed by atoms with Gasteiger partial charge in [-0.05, 0) is 34.7 Å². The van der Waals surface area contributed by atoms with E-state index >= 15 is 0 Å². The maximum absolute atomic E-state index is 12.1. The summed E-state index contributed by atoms with van der Waals surface area (Å²) < 4.78 is 0. The molecule has 2 N–H and O–H groups in total. The molecule has 2 heterocycles. The van der Waals surface area contributed by atoms with Gasteiger partial charge >= 0.3 is 0 Å². The number of amides is 1. The van der Waals surface area contributed by atoms with Crippen molar-refractivity contribution >= 4 is 17.7 Å². The van der Waals surface area contributed by atoms with Gasteiger partial charge in [-0.2, -0.15) is 9.98 Å². The third-order valence-electron chi connectivity index (χ3n) is 4.88. The normalized spacial score (nSPS) is 30.7. The van der Waals surface area contributed by atoms with Gasteiger partial charge in [-0.15, -0.1) is 0 Å². The van der Waals surface area contributed by atoms with Crippen LogP contribution in [0, 0.1) is 0 Å². The van der Waals surface area contributed by atoms with Crippen molar-refractivity contribution in [1.29, 1.82) is 0 Å². The fourth-order valence-corrected chi connectivity index (χ4v) is 2.54.